The molecule has 7 nitrogen and oxygen atoms in total. The number of carbonyl (C=O) groups is 1. The summed E-state index contributed by atoms with van der Waals surface area (Å²) in [7, 11) is 3.85. The molecule has 1 fully saturated rings. The number of hydrogen-bond donors (Lipinski definition) is 1. The van der Waals surface area contributed by atoms with E-state index in [1.807, 2.05) is 43.3 Å². The van der Waals surface area contributed by atoms with Crippen LogP contribution in [0.4, 0.5) is 16.3 Å². The number of aromatic nitrogens is 1. The van der Waals surface area contributed by atoms with Crippen molar-refractivity contribution in [3.8, 4) is 0 Å². The lowest BCUT2D eigenvalue weighted by atomic mass is 10.2. The summed E-state index contributed by atoms with van der Waals surface area (Å²) in [5.41, 5.74) is 0.660. The molecule has 0 spiro atoms. The largest absolute Gasteiger partial charge is 0.467 e. The highest BCUT2D eigenvalue weighted by Crippen LogP contribution is 2.17. The first-order chi connectivity index (χ1) is 12.1. The van der Waals surface area contributed by atoms with Gasteiger partial charge in [-0.25, -0.2) is 9.78 Å². The van der Waals surface area contributed by atoms with E-state index in [-0.39, 0.29) is 12.1 Å². The fourth-order valence-electron chi connectivity index (χ4n) is 2.77. The summed E-state index contributed by atoms with van der Waals surface area (Å²) >= 11 is 0. The van der Waals surface area contributed by atoms with E-state index in [0.717, 1.165) is 31.0 Å². The summed E-state index contributed by atoms with van der Waals surface area (Å²) in [6.07, 6.45) is 5.36. The monoisotopic (exact) mass is 344 g/mol. The number of pyridine rings is 1. The molecule has 2 amide bonds. The van der Waals surface area contributed by atoms with Crippen molar-refractivity contribution in [3.05, 3.63) is 42.5 Å². The van der Waals surface area contributed by atoms with E-state index in [0.29, 0.717) is 18.8 Å². The van der Waals surface area contributed by atoms with Crippen LogP contribution in [0.25, 0.3) is 0 Å². The predicted octanol–water partition coefficient (Wildman–Crippen LogP) is 2.95. The normalized spacial score (nSPS) is 16.6. The van der Waals surface area contributed by atoms with Crippen LogP contribution in [0, 0.1) is 0 Å². The second-order valence-corrected chi connectivity index (χ2v) is 6.32. The van der Waals surface area contributed by atoms with Crippen molar-refractivity contribution >= 4 is 17.5 Å². The molecular formula is C18H24N4O3. The zero-order chi connectivity index (χ0) is 17.6. The van der Waals surface area contributed by atoms with E-state index >= 15 is 0 Å². The fraction of sp³-hybridized carbons (Fsp3) is 0.444. The van der Waals surface area contributed by atoms with Crippen LogP contribution in [-0.2, 0) is 11.3 Å². The molecule has 0 bridgehead atoms. The maximum absolute atomic E-state index is 12.7. The molecule has 3 heterocycles. The predicted molar refractivity (Wildman–Crippen MR) is 95.7 cm³/mol. The number of hydrogen-bond acceptors (Lipinski definition) is 5. The third-order valence-electron chi connectivity index (χ3n) is 4.12. The van der Waals surface area contributed by atoms with Crippen molar-refractivity contribution < 1.29 is 13.9 Å². The SMILES string of the molecule is CN(C)c1ccc(NC(=O)N(Cc2ccco2)C[C@H]2CCCO2)cn1. The summed E-state index contributed by atoms with van der Waals surface area (Å²) in [5, 5.41) is 2.90. The minimum Gasteiger partial charge on any atom is -0.467 e. The Labute approximate surface area is 147 Å². The molecule has 0 radical (unpaired) electrons. The van der Waals surface area contributed by atoms with Gasteiger partial charge in [-0.2, -0.15) is 0 Å². The standard InChI is InChI=1S/C18H24N4O3/c1-21(2)17-8-7-14(11-19-17)20-18(23)22(12-15-5-3-9-24-15)13-16-6-4-10-25-16/h3,5,7-9,11,16H,4,6,10,12-13H2,1-2H3,(H,20,23)/t16-/m1/s1. The van der Waals surface area contributed by atoms with E-state index in [4.69, 9.17) is 9.15 Å². The number of rotatable bonds is 6. The van der Waals surface area contributed by atoms with E-state index in [9.17, 15) is 4.79 Å². The molecule has 7 heteroatoms. The van der Waals surface area contributed by atoms with Gasteiger partial charge in [-0.15, -0.1) is 0 Å². The minimum atomic E-state index is -0.189. The van der Waals surface area contributed by atoms with Crippen molar-refractivity contribution in [1.29, 1.82) is 0 Å². The van der Waals surface area contributed by atoms with Gasteiger partial charge in [0.15, 0.2) is 0 Å². The number of ether oxygens (including phenoxy) is 1. The van der Waals surface area contributed by atoms with Crippen LogP contribution in [-0.4, -0.2) is 49.3 Å². The molecule has 2 aromatic heterocycles. The molecule has 2 aromatic rings. The fourth-order valence-corrected chi connectivity index (χ4v) is 2.77. The Hall–Kier alpha value is -2.54. The van der Waals surface area contributed by atoms with Crippen LogP contribution in [0.15, 0.2) is 41.1 Å². The lowest BCUT2D eigenvalue weighted by molar-refractivity contribution is 0.0803. The van der Waals surface area contributed by atoms with Gasteiger partial charge < -0.3 is 24.3 Å². The molecule has 0 saturated carbocycles. The molecule has 0 aliphatic carbocycles. The van der Waals surface area contributed by atoms with Gasteiger partial charge in [0.2, 0.25) is 0 Å². The van der Waals surface area contributed by atoms with Crippen LogP contribution in [0.5, 0.6) is 0 Å². The van der Waals surface area contributed by atoms with Gasteiger partial charge >= 0.3 is 6.03 Å². The first kappa shape index (κ1) is 17.3. The summed E-state index contributed by atoms with van der Waals surface area (Å²) in [6.45, 7) is 1.70. The van der Waals surface area contributed by atoms with E-state index in [1.165, 1.54) is 0 Å². The van der Waals surface area contributed by atoms with Crippen molar-refractivity contribution in [1.82, 2.24) is 9.88 Å². The number of amides is 2. The third kappa shape index (κ3) is 4.73. The molecule has 134 valence electrons. The quantitative estimate of drug-likeness (QED) is 0.872. The number of furan rings is 1. The molecular weight excluding hydrogens is 320 g/mol. The van der Waals surface area contributed by atoms with Crippen LogP contribution in [0.1, 0.15) is 18.6 Å². The van der Waals surface area contributed by atoms with Gasteiger partial charge in [0, 0.05) is 27.2 Å². The lowest BCUT2D eigenvalue weighted by Crippen LogP contribution is -2.39. The van der Waals surface area contributed by atoms with Crippen molar-refractivity contribution in [2.75, 3.05) is 37.5 Å². The molecule has 25 heavy (non-hydrogen) atoms. The highest BCUT2D eigenvalue weighted by Gasteiger charge is 2.23. The van der Waals surface area contributed by atoms with Crippen molar-refractivity contribution in [2.24, 2.45) is 0 Å². The second kappa shape index (κ2) is 8.02. The Bertz CT molecular complexity index is 664. The summed E-state index contributed by atoms with van der Waals surface area (Å²) in [5.74, 6) is 1.58. The van der Waals surface area contributed by atoms with Crippen molar-refractivity contribution in [2.45, 2.75) is 25.5 Å². The summed E-state index contributed by atoms with van der Waals surface area (Å²) < 4.78 is 11.1. The highest BCUT2D eigenvalue weighted by molar-refractivity contribution is 5.89. The number of anilines is 2. The minimum absolute atomic E-state index is 0.0787. The van der Waals surface area contributed by atoms with E-state index in [2.05, 4.69) is 10.3 Å². The topological polar surface area (TPSA) is 70.8 Å². The van der Waals surface area contributed by atoms with Crippen LogP contribution < -0.4 is 10.2 Å². The first-order valence-electron chi connectivity index (χ1n) is 8.45. The van der Waals surface area contributed by atoms with Gasteiger partial charge in [0.1, 0.15) is 11.6 Å². The molecule has 1 aliphatic heterocycles. The van der Waals surface area contributed by atoms with Crippen LogP contribution in [0.3, 0.4) is 0 Å². The third-order valence-corrected chi connectivity index (χ3v) is 4.12. The molecule has 1 aliphatic rings. The maximum Gasteiger partial charge on any atom is 0.322 e. The van der Waals surface area contributed by atoms with Crippen LogP contribution >= 0.6 is 0 Å². The van der Waals surface area contributed by atoms with Gasteiger partial charge in [-0.05, 0) is 37.1 Å². The highest BCUT2D eigenvalue weighted by atomic mass is 16.5. The molecule has 0 aromatic carbocycles. The van der Waals surface area contributed by atoms with Crippen LogP contribution in [0.2, 0.25) is 0 Å². The average Bonchev–Trinajstić information content (AvgIpc) is 3.28. The number of nitrogens with zero attached hydrogens (tertiary/aromatic N) is 3. The lowest BCUT2D eigenvalue weighted by Gasteiger charge is -2.25. The number of carbonyl (C=O) groups excluding carboxylic acids is 1. The smallest absolute Gasteiger partial charge is 0.322 e. The maximum atomic E-state index is 12.7. The molecule has 0 unspecified atom stereocenters. The zero-order valence-corrected chi connectivity index (χ0v) is 14.6. The summed E-state index contributed by atoms with van der Waals surface area (Å²) in [6, 6.07) is 7.21. The number of nitrogens with one attached hydrogen (secondary N) is 1. The van der Waals surface area contributed by atoms with Gasteiger partial charge in [-0.3, -0.25) is 0 Å². The Balaban J connectivity index is 1.66. The molecule has 1 atom stereocenters. The Morgan fingerprint density at radius 3 is 2.84 bits per heavy atom. The second-order valence-electron chi connectivity index (χ2n) is 6.32. The molecule has 1 N–H and O–H groups in total. The first-order valence-corrected chi connectivity index (χ1v) is 8.45. The molecule has 1 saturated heterocycles. The Morgan fingerprint density at radius 2 is 2.24 bits per heavy atom. The molecule has 3 rings (SSSR count). The van der Waals surface area contributed by atoms with Gasteiger partial charge in [-0.1, -0.05) is 0 Å². The summed E-state index contributed by atoms with van der Waals surface area (Å²) in [4.78, 5) is 20.7. The Morgan fingerprint density at radius 1 is 1.36 bits per heavy atom. The van der Waals surface area contributed by atoms with E-state index in [1.54, 1.807) is 17.4 Å². The average molecular weight is 344 g/mol. The zero-order valence-electron chi connectivity index (χ0n) is 14.6. The van der Waals surface area contributed by atoms with Gasteiger partial charge in [0.25, 0.3) is 0 Å². The number of urea groups is 1. The van der Waals surface area contributed by atoms with Gasteiger partial charge in [0.05, 0.1) is 30.8 Å². The van der Waals surface area contributed by atoms with Crippen molar-refractivity contribution in [3.63, 3.8) is 0 Å². The Kier molecular flexibility index (Phi) is 5.55. The van der Waals surface area contributed by atoms with E-state index < -0.39 is 0 Å².